The lowest BCUT2D eigenvalue weighted by molar-refractivity contribution is 0.242. The number of ether oxygens (including phenoxy) is 1. The fourth-order valence-electron chi connectivity index (χ4n) is 1.92. The number of thioether (sulfide) groups is 1. The van der Waals surface area contributed by atoms with E-state index in [9.17, 15) is 0 Å². The van der Waals surface area contributed by atoms with Gasteiger partial charge in [0.15, 0.2) is 0 Å². The molecule has 0 N–H and O–H groups in total. The van der Waals surface area contributed by atoms with E-state index in [-0.39, 0.29) is 0 Å². The molecule has 1 saturated carbocycles. The quantitative estimate of drug-likeness (QED) is 0.494. The van der Waals surface area contributed by atoms with E-state index < -0.39 is 0 Å². The summed E-state index contributed by atoms with van der Waals surface area (Å²) in [7, 11) is 1.77. The summed E-state index contributed by atoms with van der Waals surface area (Å²) in [4.78, 5) is 0. The molecule has 0 amide bonds. The van der Waals surface area contributed by atoms with E-state index in [2.05, 4.69) is 6.92 Å². The number of methoxy groups -OCH3 is 1. The van der Waals surface area contributed by atoms with Crippen molar-refractivity contribution in [2.45, 2.75) is 39.0 Å². The highest BCUT2D eigenvalue weighted by molar-refractivity contribution is 7.99. The van der Waals surface area contributed by atoms with Crippen molar-refractivity contribution >= 4 is 11.8 Å². The van der Waals surface area contributed by atoms with Crippen LogP contribution in [0.4, 0.5) is 0 Å². The summed E-state index contributed by atoms with van der Waals surface area (Å²) in [6.45, 7) is 2.43. The zero-order valence-electron chi connectivity index (χ0n) is 8.27. The van der Waals surface area contributed by atoms with Gasteiger partial charge in [-0.25, -0.2) is 0 Å². The van der Waals surface area contributed by atoms with Crippen molar-refractivity contribution in [3.63, 3.8) is 0 Å². The zero-order valence-corrected chi connectivity index (χ0v) is 9.08. The first-order valence-electron chi connectivity index (χ1n) is 4.83. The molecule has 1 fully saturated rings. The highest BCUT2D eigenvalue weighted by atomic mass is 32.2. The third kappa shape index (κ3) is 3.36. The van der Waals surface area contributed by atoms with Gasteiger partial charge in [-0.05, 0) is 18.3 Å². The van der Waals surface area contributed by atoms with Gasteiger partial charge in [-0.2, -0.15) is 0 Å². The minimum absolute atomic E-state index is 0.613. The Labute approximate surface area is 80.3 Å². The molecule has 1 nitrogen and oxygen atoms in total. The first-order valence-corrected chi connectivity index (χ1v) is 5.99. The van der Waals surface area contributed by atoms with Crippen LogP contribution in [0.5, 0.6) is 0 Å². The predicted octanol–water partition coefficient (Wildman–Crippen LogP) is 3.29. The van der Waals surface area contributed by atoms with Crippen LogP contribution >= 0.6 is 11.8 Å². The number of hydrogen-bond donors (Lipinski definition) is 0. The highest BCUT2D eigenvalue weighted by Gasteiger charge is 2.26. The monoisotopic (exact) mass is 188 g/mol. The van der Waals surface area contributed by atoms with Crippen LogP contribution in [0.15, 0.2) is 0 Å². The van der Waals surface area contributed by atoms with Gasteiger partial charge in [-0.3, -0.25) is 0 Å². The van der Waals surface area contributed by atoms with Gasteiger partial charge in [0.05, 0.1) is 5.94 Å². The molecule has 1 aliphatic rings. The largest absolute Gasteiger partial charge is 0.374 e. The van der Waals surface area contributed by atoms with E-state index in [1.807, 2.05) is 11.8 Å². The molecule has 0 aromatic carbocycles. The molecule has 0 radical (unpaired) electrons. The van der Waals surface area contributed by atoms with Crippen LogP contribution < -0.4 is 0 Å². The topological polar surface area (TPSA) is 9.23 Å². The maximum absolute atomic E-state index is 5.04. The third-order valence-corrected chi connectivity index (χ3v) is 4.02. The van der Waals surface area contributed by atoms with Crippen LogP contribution in [-0.2, 0) is 4.74 Å². The molecule has 1 rings (SSSR count). The van der Waals surface area contributed by atoms with Crippen LogP contribution in [-0.4, -0.2) is 18.8 Å². The molecule has 2 heteroatoms. The van der Waals surface area contributed by atoms with Crippen molar-refractivity contribution in [2.24, 2.45) is 5.41 Å². The normalized spacial score (nSPS) is 22.5. The maximum Gasteiger partial charge on any atom is 0.0917 e. The van der Waals surface area contributed by atoms with Crippen LogP contribution in [0, 0.1) is 5.41 Å². The summed E-state index contributed by atoms with van der Waals surface area (Å²) in [5.41, 5.74) is 0.613. The SMILES string of the molecule is COCSCC1(C)CCCCC1. The van der Waals surface area contributed by atoms with Crippen molar-refractivity contribution < 1.29 is 4.74 Å². The van der Waals surface area contributed by atoms with Crippen molar-refractivity contribution in [3.05, 3.63) is 0 Å². The summed E-state index contributed by atoms with van der Waals surface area (Å²) >= 11 is 1.94. The molecule has 0 heterocycles. The Morgan fingerprint density at radius 3 is 2.50 bits per heavy atom. The summed E-state index contributed by atoms with van der Waals surface area (Å²) in [6, 6.07) is 0. The summed E-state index contributed by atoms with van der Waals surface area (Å²) in [5, 5.41) is 0. The Bertz CT molecular complexity index is 119. The van der Waals surface area contributed by atoms with E-state index >= 15 is 0 Å². The Morgan fingerprint density at radius 1 is 1.25 bits per heavy atom. The zero-order chi connectivity index (χ0) is 8.86. The molecule has 0 bridgehead atoms. The molecule has 0 saturated heterocycles. The third-order valence-electron chi connectivity index (χ3n) is 2.71. The second-order valence-electron chi connectivity index (χ2n) is 4.13. The van der Waals surface area contributed by atoms with E-state index in [0.29, 0.717) is 5.41 Å². The van der Waals surface area contributed by atoms with Gasteiger partial charge < -0.3 is 4.74 Å². The Hall–Kier alpha value is 0.310. The lowest BCUT2D eigenvalue weighted by Gasteiger charge is -2.33. The fourth-order valence-corrected chi connectivity index (χ4v) is 2.95. The summed E-state index contributed by atoms with van der Waals surface area (Å²) in [6.07, 6.45) is 7.16. The fraction of sp³-hybridized carbons (Fsp3) is 1.00. The minimum atomic E-state index is 0.613. The minimum Gasteiger partial charge on any atom is -0.374 e. The van der Waals surface area contributed by atoms with Crippen LogP contribution in [0.1, 0.15) is 39.0 Å². The average molecular weight is 188 g/mol. The molecule has 0 aromatic rings. The van der Waals surface area contributed by atoms with Crippen molar-refractivity contribution in [2.75, 3.05) is 18.8 Å². The van der Waals surface area contributed by atoms with E-state index in [0.717, 1.165) is 5.94 Å². The predicted molar refractivity (Wildman–Crippen MR) is 55.5 cm³/mol. The van der Waals surface area contributed by atoms with Gasteiger partial charge >= 0.3 is 0 Å². The maximum atomic E-state index is 5.04. The number of rotatable bonds is 4. The lowest BCUT2D eigenvalue weighted by Crippen LogP contribution is -2.23. The molecule has 0 aliphatic heterocycles. The van der Waals surface area contributed by atoms with E-state index in [1.165, 1.54) is 37.9 Å². The molecule has 0 aromatic heterocycles. The van der Waals surface area contributed by atoms with Gasteiger partial charge in [-0.15, -0.1) is 11.8 Å². The van der Waals surface area contributed by atoms with Crippen molar-refractivity contribution in [3.8, 4) is 0 Å². The average Bonchev–Trinajstić information content (AvgIpc) is 2.06. The van der Waals surface area contributed by atoms with Gasteiger partial charge in [-0.1, -0.05) is 26.2 Å². The summed E-state index contributed by atoms with van der Waals surface area (Å²) < 4.78 is 5.04. The van der Waals surface area contributed by atoms with Crippen LogP contribution in [0.2, 0.25) is 0 Å². The van der Waals surface area contributed by atoms with Crippen molar-refractivity contribution in [1.82, 2.24) is 0 Å². The van der Waals surface area contributed by atoms with Gasteiger partial charge in [0, 0.05) is 12.9 Å². The molecular formula is C10H20OS. The second-order valence-corrected chi connectivity index (χ2v) is 5.06. The summed E-state index contributed by atoms with van der Waals surface area (Å²) in [5.74, 6) is 2.14. The van der Waals surface area contributed by atoms with Gasteiger partial charge in [0.25, 0.3) is 0 Å². The molecule has 0 unspecified atom stereocenters. The van der Waals surface area contributed by atoms with E-state index in [4.69, 9.17) is 4.74 Å². The van der Waals surface area contributed by atoms with Gasteiger partial charge in [0.1, 0.15) is 0 Å². The molecular weight excluding hydrogens is 168 g/mol. The van der Waals surface area contributed by atoms with Gasteiger partial charge in [0.2, 0.25) is 0 Å². The first kappa shape index (κ1) is 10.4. The highest BCUT2D eigenvalue weighted by Crippen LogP contribution is 2.38. The van der Waals surface area contributed by atoms with Crippen molar-refractivity contribution in [1.29, 1.82) is 0 Å². The molecule has 72 valence electrons. The lowest BCUT2D eigenvalue weighted by atomic mass is 9.77. The molecule has 12 heavy (non-hydrogen) atoms. The Kier molecular flexibility index (Phi) is 4.44. The second kappa shape index (κ2) is 5.13. The standard InChI is InChI=1S/C10H20OS/c1-10(8-12-9-11-2)6-4-3-5-7-10/h3-9H2,1-2H3. The Morgan fingerprint density at radius 2 is 1.92 bits per heavy atom. The van der Waals surface area contributed by atoms with Crippen LogP contribution in [0.25, 0.3) is 0 Å². The molecule has 1 aliphatic carbocycles. The van der Waals surface area contributed by atoms with Crippen LogP contribution in [0.3, 0.4) is 0 Å². The molecule has 0 atom stereocenters. The number of hydrogen-bond acceptors (Lipinski definition) is 2. The smallest absolute Gasteiger partial charge is 0.0917 e. The van der Waals surface area contributed by atoms with E-state index in [1.54, 1.807) is 7.11 Å². The Balaban J connectivity index is 2.17. The first-order chi connectivity index (χ1) is 5.77. The molecule has 0 spiro atoms.